The summed E-state index contributed by atoms with van der Waals surface area (Å²) >= 11 is 0. The smallest absolute Gasteiger partial charge is 0.219 e. The summed E-state index contributed by atoms with van der Waals surface area (Å²) < 4.78 is 0. The van der Waals surface area contributed by atoms with E-state index < -0.39 is 0 Å². The Bertz CT molecular complexity index is 666. The number of nitrogens with one attached hydrogen (secondary N) is 2. The van der Waals surface area contributed by atoms with Gasteiger partial charge in [0.2, 0.25) is 5.96 Å². The molecule has 6 heteroatoms. The predicted octanol–water partition coefficient (Wildman–Crippen LogP) is 2.78. The van der Waals surface area contributed by atoms with Crippen LogP contribution < -0.4 is 5.32 Å². The fraction of sp³-hybridized carbons (Fsp3) is 0.611. The van der Waals surface area contributed by atoms with Crippen molar-refractivity contribution in [3.05, 3.63) is 24.2 Å². The molecule has 0 aromatic carbocycles. The van der Waals surface area contributed by atoms with Gasteiger partial charge in [-0.15, -0.1) is 0 Å². The molecule has 2 unspecified atom stereocenters. The lowest BCUT2D eigenvalue weighted by atomic mass is 9.85. The number of fused-ring (bicyclic) bond motifs is 1. The van der Waals surface area contributed by atoms with Crippen molar-refractivity contribution in [1.29, 1.82) is 0 Å². The molecule has 0 amide bonds. The van der Waals surface area contributed by atoms with Gasteiger partial charge in [-0.25, -0.2) is 4.99 Å². The second-order valence-electron chi connectivity index (χ2n) is 6.96. The molecule has 1 saturated carbocycles. The fourth-order valence-corrected chi connectivity index (χ4v) is 4.22. The van der Waals surface area contributed by atoms with Crippen LogP contribution >= 0.6 is 0 Å². The third-order valence-corrected chi connectivity index (χ3v) is 5.44. The minimum Gasteiger partial charge on any atom is -0.354 e. The van der Waals surface area contributed by atoms with E-state index in [-0.39, 0.29) is 6.17 Å². The molecule has 2 atom stereocenters. The van der Waals surface area contributed by atoms with Crippen molar-refractivity contribution in [2.24, 2.45) is 15.9 Å². The van der Waals surface area contributed by atoms with Crippen LogP contribution in [0.2, 0.25) is 0 Å². The van der Waals surface area contributed by atoms with E-state index in [0.717, 1.165) is 24.6 Å². The third-order valence-electron chi connectivity index (χ3n) is 5.44. The van der Waals surface area contributed by atoms with Crippen molar-refractivity contribution < 1.29 is 0 Å². The second-order valence-corrected chi connectivity index (χ2v) is 6.96. The molecule has 3 heterocycles. The zero-order chi connectivity index (χ0) is 16.5. The first kappa shape index (κ1) is 15.4. The van der Waals surface area contributed by atoms with Crippen LogP contribution in [0.1, 0.15) is 51.6 Å². The predicted molar refractivity (Wildman–Crippen MR) is 96.8 cm³/mol. The fourth-order valence-electron chi connectivity index (χ4n) is 4.22. The van der Waals surface area contributed by atoms with Gasteiger partial charge in [0.15, 0.2) is 0 Å². The maximum absolute atomic E-state index is 4.71. The molecule has 1 aliphatic carbocycles. The quantitative estimate of drug-likeness (QED) is 0.897. The molecule has 0 spiro atoms. The first-order chi connectivity index (χ1) is 11.8. The molecule has 2 N–H and O–H groups in total. The van der Waals surface area contributed by atoms with Gasteiger partial charge in [-0.1, -0.05) is 12.8 Å². The Labute approximate surface area is 143 Å². The van der Waals surface area contributed by atoms with Gasteiger partial charge in [0.25, 0.3) is 0 Å². The van der Waals surface area contributed by atoms with Crippen LogP contribution in [0.15, 0.2) is 28.4 Å². The maximum atomic E-state index is 4.71. The summed E-state index contributed by atoms with van der Waals surface area (Å²) in [5.41, 5.74) is 3.63. The normalized spacial score (nSPS) is 29.2. The number of allylic oxidation sites excluding steroid dienone is 1. The van der Waals surface area contributed by atoms with E-state index in [9.17, 15) is 0 Å². The number of rotatable bonds is 3. The standard InChI is InChI=1S/C18H26N6/c1-3-19-18-21-12(2)15-10-13(16-8-9-20-23-16)11-24(17(15)22-18)14-6-4-5-7-14/h8-9,11,14-15,17H,3-7,10H2,1-2H3,(H,19,22)(H,20,23). The Morgan fingerprint density at radius 1 is 1.33 bits per heavy atom. The van der Waals surface area contributed by atoms with Gasteiger partial charge < -0.3 is 10.2 Å². The Hall–Kier alpha value is -2.11. The molecule has 24 heavy (non-hydrogen) atoms. The van der Waals surface area contributed by atoms with Crippen molar-refractivity contribution in [1.82, 2.24) is 20.4 Å². The van der Waals surface area contributed by atoms with Gasteiger partial charge in [0, 0.05) is 36.6 Å². The highest BCUT2D eigenvalue weighted by Gasteiger charge is 2.40. The Morgan fingerprint density at radius 3 is 2.88 bits per heavy atom. The number of hydrogen-bond donors (Lipinski definition) is 2. The average Bonchev–Trinajstić information content (AvgIpc) is 3.28. The molecule has 1 aromatic heterocycles. The lowest BCUT2D eigenvalue weighted by Crippen LogP contribution is -2.58. The maximum Gasteiger partial charge on any atom is 0.219 e. The van der Waals surface area contributed by atoms with E-state index in [1.165, 1.54) is 37.0 Å². The van der Waals surface area contributed by atoms with Gasteiger partial charge >= 0.3 is 0 Å². The van der Waals surface area contributed by atoms with Gasteiger partial charge in [-0.2, -0.15) is 5.10 Å². The Morgan fingerprint density at radius 2 is 2.17 bits per heavy atom. The van der Waals surface area contributed by atoms with Crippen molar-refractivity contribution in [3.63, 3.8) is 0 Å². The molecule has 0 bridgehead atoms. The highest BCUT2D eigenvalue weighted by molar-refractivity contribution is 6.01. The molecule has 4 rings (SSSR count). The summed E-state index contributed by atoms with van der Waals surface area (Å²) in [4.78, 5) is 11.8. The Kier molecular flexibility index (Phi) is 4.12. The topological polar surface area (TPSA) is 68.7 Å². The molecule has 128 valence electrons. The van der Waals surface area contributed by atoms with Crippen LogP contribution in [0.5, 0.6) is 0 Å². The molecule has 3 aliphatic rings. The van der Waals surface area contributed by atoms with E-state index in [4.69, 9.17) is 4.99 Å². The van der Waals surface area contributed by atoms with Crippen LogP contribution in [0, 0.1) is 5.92 Å². The van der Waals surface area contributed by atoms with E-state index in [0.29, 0.717) is 12.0 Å². The second kappa shape index (κ2) is 6.42. The van der Waals surface area contributed by atoms with Crippen molar-refractivity contribution in [2.45, 2.75) is 58.2 Å². The highest BCUT2D eigenvalue weighted by Crippen LogP contribution is 2.37. The largest absolute Gasteiger partial charge is 0.354 e. The lowest BCUT2D eigenvalue weighted by molar-refractivity contribution is 0.150. The van der Waals surface area contributed by atoms with Crippen LogP contribution in [0.4, 0.5) is 0 Å². The molecule has 0 radical (unpaired) electrons. The molecule has 6 nitrogen and oxygen atoms in total. The summed E-state index contributed by atoms with van der Waals surface area (Å²) in [6, 6.07) is 2.67. The van der Waals surface area contributed by atoms with Gasteiger partial charge in [0.1, 0.15) is 6.17 Å². The van der Waals surface area contributed by atoms with Crippen LogP contribution in [-0.4, -0.2) is 45.5 Å². The van der Waals surface area contributed by atoms with E-state index in [2.05, 4.69) is 51.5 Å². The van der Waals surface area contributed by atoms with Gasteiger partial charge in [0.05, 0.1) is 5.69 Å². The number of hydrogen-bond acceptors (Lipinski definition) is 3. The highest BCUT2D eigenvalue weighted by atomic mass is 15.3. The number of nitrogens with zero attached hydrogens (tertiary/aromatic N) is 4. The number of guanidine groups is 1. The van der Waals surface area contributed by atoms with E-state index >= 15 is 0 Å². The first-order valence-corrected chi connectivity index (χ1v) is 9.10. The minimum absolute atomic E-state index is 0.266. The van der Waals surface area contributed by atoms with E-state index in [1.54, 1.807) is 0 Å². The summed E-state index contributed by atoms with van der Waals surface area (Å²) in [6.45, 7) is 4.96. The molecule has 1 fully saturated rings. The summed E-state index contributed by atoms with van der Waals surface area (Å²) in [7, 11) is 0. The molecule has 0 saturated heterocycles. The van der Waals surface area contributed by atoms with Crippen molar-refractivity contribution in [3.8, 4) is 0 Å². The summed E-state index contributed by atoms with van der Waals surface area (Å²) in [6.07, 6.45) is 10.6. The summed E-state index contributed by atoms with van der Waals surface area (Å²) in [5, 5.41) is 10.9. The summed E-state index contributed by atoms with van der Waals surface area (Å²) in [5.74, 6) is 1.17. The van der Waals surface area contributed by atoms with Gasteiger partial charge in [-0.3, -0.25) is 10.1 Å². The van der Waals surface area contributed by atoms with Gasteiger partial charge in [-0.05, 0) is 44.7 Å². The minimum atomic E-state index is 0.266. The van der Waals surface area contributed by atoms with Crippen LogP contribution in [0.3, 0.4) is 0 Å². The third kappa shape index (κ3) is 2.74. The Balaban J connectivity index is 1.71. The zero-order valence-corrected chi connectivity index (χ0v) is 14.5. The number of H-pyrrole nitrogens is 1. The average molecular weight is 326 g/mol. The van der Waals surface area contributed by atoms with E-state index in [1.807, 2.05) is 6.20 Å². The van der Waals surface area contributed by atoms with Crippen LogP contribution in [0.25, 0.3) is 5.57 Å². The number of aliphatic imine (C=N–C) groups is 2. The van der Waals surface area contributed by atoms with Crippen molar-refractivity contribution in [2.75, 3.05) is 6.54 Å². The lowest BCUT2D eigenvalue weighted by Gasteiger charge is -2.46. The number of aromatic amines is 1. The first-order valence-electron chi connectivity index (χ1n) is 9.10. The molecular weight excluding hydrogens is 300 g/mol. The molecular formula is C18H26N6. The zero-order valence-electron chi connectivity index (χ0n) is 14.5. The van der Waals surface area contributed by atoms with Crippen LogP contribution in [-0.2, 0) is 0 Å². The molecule has 2 aliphatic heterocycles. The monoisotopic (exact) mass is 326 g/mol. The van der Waals surface area contributed by atoms with Crippen molar-refractivity contribution >= 4 is 17.2 Å². The SMILES string of the molecule is CCN=C1N=C(C)C2CC(c3ccn[nH]3)=CN(C3CCCC3)C2N1. The molecule has 1 aromatic rings. The number of aromatic nitrogens is 2.